The third kappa shape index (κ3) is 3.74. The minimum absolute atomic E-state index is 0.166. The predicted molar refractivity (Wildman–Crippen MR) is 115 cm³/mol. The van der Waals surface area contributed by atoms with Crippen molar-refractivity contribution in [2.75, 3.05) is 18.6 Å². The molecule has 1 aliphatic rings. The fourth-order valence-electron chi connectivity index (χ4n) is 3.58. The standard InChI is InChI=1S/C23H24N4O2/c1-23(2)12-18(15-7-5-4-6-8-15)17-10-14(11-19(28-3)20(17)29-23)9-16-13-26-22(25)27-21(16)24/h4-8,10-13H,9H2,1-3H3,(H4,24,25,26,27). The molecule has 6 nitrogen and oxygen atoms in total. The van der Waals surface area contributed by atoms with E-state index in [0.717, 1.165) is 33.6 Å². The summed E-state index contributed by atoms with van der Waals surface area (Å²) in [6.07, 6.45) is 4.37. The molecule has 0 saturated carbocycles. The molecular formula is C23H24N4O2. The summed E-state index contributed by atoms with van der Waals surface area (Å²) in [6, 6.07) is 14.4. The zero-order chi connectivity index (χ0) is 20.6. The number of ether oxygens (including phenoxy) is 2. The molecule has 1 aromatic heterocycles. The van der Waals surface area contributed by atoms with Crippen LogP contribution in [0.15, 0.2) is 54.7 Å². The van der Waals surface area contributed by atoms with Gasteiger partial charge in [0.25, 0.3) is 0 Å². The van der Waals surface area contributed by atoms with E-state index in [9.17, 15) is 0 Å². The highest BCUT2D eigenvalue weighted by Crippen LogP contribution is 2.45. The van der Waals surface area contributed by atoms with Gasteiger partial charge in [-0.2, -0.15) is 4.98 Å². The van der Waals surface area contributed by atoms with Crippen molar-refractivity contribution in [3.63, 3.8) is 0 Å². The molecule has 3 aromatic rings. The molecule has 0 unspecified atom stereocenters. The van der Waals surface area contributed by atoms with E-state index < -0.39 is 5.60 Å². The Morgan fingerprint density at radius 2 is 1.86 bits per heavy atom. The van der Waals surface area contributed by atoms with E-state index in [1.165, 1.54) is 0 Å². The first kappa shape index (κ1) is 18.8. The highest BCUT2D eigenvalue weighted by atomic mass is 16.5. The molecule has 4 N–H and O–H groups in total. The first-order chi connectivity index (χ1) is 13.9. The molecule has 0 saturated heterocycles. The van der Waals surface area contributed by atoms with Crippen LogP contribution in [0, 0.1) is 0 Å². The summed E-state index contributed by atoms with van der Waals surface area (Å²) in [5.74, 6) is 1.97. The van der Waals surface area contributed by atoms with E-state index in [2.05, 4.69) is 34.2 Å². The van der Waals surface area contributed by atoms with Gasteiger partial charge in [-0.3, -0.25) is 0 Å². The Morgan fingerprint density at radius 3 is 2.55 bits per heavy atom. The number of hydrogen-bond donors (Lipinski definition) is 2. The quantitative estimate of drug-likeness (QED) is 0.705. The number of anilines is 2. The van der Waals surface area contributed by atoms with Crippen molar-refractivity contribution in [3.8, 4) is 11.5 Å². The van der Waals surface area contributed by atoms with Gasteiger partial charge in [-0.15, -0.1) is 0 Å². The van der Waals surface area contributed by atoms with Gasteiger partial charge in [-0.05, 0) is 48.8 Å². The highest BCUT2D eigenvalue weighted by molar-refractivity contribution is 5.86. The molecule has 29 heavy (non-hydrogen) atoms. The first-order valence-corrected chi connectivity index (χ1v) is 9.42. The molecule has 0 aliphatic carbocycles. The van der Waals surface area contributed by atoms with Crippen LogP contribution in [-0.2, 0) is 6.42 Å². The molecule has 0 amide bonds. The van der Waals surface area contributed by atoms with Gasteiger partial charge in [0.05, 0.1) is 7.11 Å². The Hall–Kier alpha value is -3.54. The topological polar surface area (TPSA) is 96.3 Å². The predicted octanol–water partition coefficient (Wildman–Crippen LogP) is 3.84. The van der Waals surface area contributed by atoms with Gasteiger partial charge >= 0.3 is 0 Å². The van der Waals surface area contributed by atoms with Crippen molar-refractivity contribution in [1.82, 2.24) is 9.97 Å². The molecule has 148 valence electrons. The monoisotopic (exact) mass is 388 g/mol. The summed E-state index contributed by atoms with van der Waals surface area (Å²) < 4.78 is 12.0. The van der Waals surface area contributed by atoms with Gasteiger partial charge in [-0.25, -0.2) is 4.98 Å². The molecule has 0 fully saturated rings. The van der Waals surface area contributed by atoms with Gasteiger partial charge in [0.15, 0.2) is 11.5 Å². The number of hydrogen-bond acceptors (Lipinski definition) is 6. The maximum Gasteiger partial charge on any atom is 0.221 e. The molecule has 1 aliphatic heterocycles. The molecule has 0 radical (unpaired) electrons. The lowest BCUT2D eigenvalue weighted by Crippen LogP contribution is -2.29. The normalized spacial score (nSPS) is 14.5. The number of nitrogen functional groups attached to an aromatic ring is 2. The summed E-state index contributed by atoms with van der Waals surface area (Å²) in [4.78, 5) is 8.13. The highest BCUT2D eigenvalue weighted by Gasteiger charge is 2.30. The molecule has 0 spiro atoms. The van der Waals surface area contributed by atoms with Gasteiger partial charge in [-0.1, -0.05) is 30.3 Å². The number of nitrogens with zero attached hydrogens (tertiary/aromatic N) is 2. The lowest BCUT2D eigenvalue weighted by molar-refractivity contribution is 0.151. The van der Waals surface area contributed by atoms with E-state index in [1.54, 1.807) is 13.3 Å². The van der Waals surface area contributed by atoms with E-state index in [0.29, 0.717) is 18.0 Å². The van der Waals surface area contributed by atoms with Crippen molar-refractivity contribution < 1.29 is 9.47 Å². The van der Waals surface area contributed by atoms with Crippen LogP contribution in [0.25, 0.3) is 5.57 Å². The Kier molecular flexibility index (Phi) is 4.62. The summed E-state index contributed by atoms with van der Waals surface area (Å²) in [5.41, 5.74) is 16.2. The maximum atomic E-state index is 6.27. The van der Waals surface area contributed by atoms with Gasteiger partial charge in [0, 0.05) is 23.7 Å². The van der Waals surface area contributed by atoms with Crippen molar-refractivity contribution >= 4 is 17.3 Å². The van der Waals surface area contributed by atoms with Crippen LogP contribution in [0.3, 0.4) is 0 Å². The van der Waals surface area contributed by atoms with Crippen LogP contribution < -0.4 is 20.9 Å². The second kappa shape index (κ2) is 7.13. The largest absolute Gasteiger partial charge is 0.493 e. The second-order valence-electron chi connectivity index (χ2n) is 7.62. The van der Waals surface area contributed by atoms with E-state index in [1.807, 2.05) is 38.1 Å². The van der Waals surface area contributed by atoms with E-state index in [4.69, 9.17) is 20.9 Å². The second-order valence-corrected chi connectivity index (χ2v) is 7.62. The van der Waals surface area contributed by atoms with Crippen LogP contribution in [0.4, 0.5) is 11.8 Å². The lowest BCUT2D eigenvalue weighted by Gasteiger charge is -2.32. The fraction of sp³-hybridized carbons (Fsp3) is 0.217. The van der Waals surface area contributed by atoms with Crippen LogP contribution in [-0.4, -0.2) is 22.7 Å². The number of nitrogens with two attached hydrogens (primary N) is 2. The van der Waals surface area contributed by atoms with E-state index in [-0.39, 0.29) is 5.95 Å². The van der Waals surface area contributed by atoms with Crippen LogP contribution in [0.1, 0.15) is 36.1 Å². The molecule has 4 rings (SSSR count). The van der Waals surface area contributed by atoms with Crippen LogP contribution in [0.5, 0.6) is 11.5 Å². The third-order valence-electron chi connectivity index (χ3n) is 4.88. The molecule has 0 atom stereocenters. The number of rotatable bonds is 4. The van der Waals surface area contributed by atoms with Crippen molar-refractivity contribution in [3.05, 3.63) is 77.0 Å². The molecular weight excluding hydrogens is 364 g/mol. The van der Waals surface area contributed by atoms with Crippen molar-refractivity contribution in [2.24, 2.45) is 0 Å². The van der Waals surface area contributed by atoms with Gasteiger partial charge in [0.2, 0.25) is 5.95 Å². The Balaban J connectivity index is 1.84. The number of fused-ring (bicyclic) bond motifs is 1. The van der Waals surface area contributed by atoms with Crippen LogP contribution in [0.2, 0.25) is 0 Å². The average Bonchev–Trinajstić information content (AvgIpc) is 2.69. The smallest absolute Gasteiger partial charge is 0.221 e. The number of benzene rings is 2. The summed E-state index contributed by atoms with van der Waals surface area (Å²) in [6.45, 7) is 4.08. The number of aromatic nitrogens is 2. The number of methoxy groups -OCH3 is 1. The minimum Gasteiger partial charge on any atom is -0.493 e. The SMILES string of the molecule is COc1cc(Cc2cnc(N)nc2N)cc2c1OC(C)(C)C=C2c1ccccc1. The molecule has 6 heteroatoms. The Labute approximate surface area is 170 Å². The Morgan fingerprint density at radius 1 is 1.10 bits per heavy atom. The summed E-state index contributed by atoms with van der Waals surface area (Å²) in [5, 5.41) is 0. The van der Waals surface area contributed by atoms with Crippen LogP contribution >= 0.6 is 0 Å². The lowest BCUT2D eigenvalue weighted by atomic mass is 9.88. The zero-order valence-electron chi connectivity index (χ0n) is 16.8. The zero-order valence-corrected chi connectivity index (χ0v) is 16.8. The summed E-state index contributed by atoms with van der Waals surface area (Å²) >= 11 is 0. The molecule has 2 aromatic carbocycles. The third-order valence-corrected chi connectivity index (χ3v) is 4.88. The van der Waals surface area contributed by atoms with Gasteiger partial charge in [0.1, 0.15) is 11.4 Å². The average molecular weight is 388 g/mol. The van der Waals surface area contributed by atoms with Crippen molar-refractivity contribution in [2.45, 2.75) is 25.9 Å². The first-order valence-electron chi connectivity index (χ1n) is 9.42. The summed E-state index contributed by atoms with van der Waals surface area (Å²) in [7, 11) is 1.65. The fourth-order valence-corrected chi connectivity index (χ4v) is 3.58. The van der Waals surface area contributed by atoms with Crippen molar-refractivity contribution in [1.29, 1.82) is 0 Å². The molecule has 0 bridgehead atoms. The maximum absolute atomic E-state index is 6.27. The molecule has 2 heterocycles. The Bertz CT molecular complexity index is 1090. The van der Waals surface area contributed by atoms with Gasteiger partial charge < -0.3 is 20.9 Å². The minimum atomic E-state index is -0.456. The van der Waals surface area contributed by atoms with E-state index >= 15 is 0 Å².